The number of furan rings is 1. The third-order valence-electron chi connectivity index (χ3n) is 4.63. The zero-order valence-corrected chi connectivity index (χ0v) is 14.3. The highest BCUT2D eigenvalue weighted by Gasteiger charge is 2.37. The first kappa shape index (κ1) is 17.8. The molecule has 2 aromatic rings. The first-order valence-corrected chi connectivity index (χ1v) is 8.26. The number of nitrogens with zero attached hydrogens (tertiary/aromatic N) is 2. The average molecular weight is 352 g/mol. The van der Waals surface area contributed by atoms with Gasteiger partial charge in [-0.15, -0.1) is 0 Å². The highest BCUT2D eigenvalue weighted by Crippen LogP contribution is 2.32. The second kappa shape index (κ2) is 7.05. The molecule has 1 fully saturated rings. The van der Waals surface area contributed by atoms with Crippen molar-refractivity contribution in [2.75, 3.05) is 26.2 Å². The van der Waals surface area contributed by atoms with Crippen LogP contribution in [-0.4, -0.2) is 54.4 Å². The fraction of sp³-hybridized carbons (Fsp3) is 0.529. The minimum absolute atomic E-state index is 0.408. The molecule has 2 N–H and O–H groups in total. The number of hydrogen-bond acceptors (Lipinski definition) is 5. The van der Waals surface area contributed by atoms with Crippen LogP contribution in [0, 0.1) is 0 Å². The van der Waals surface area contributed by atoms with Gasteiger partial charge in [-0.05, 0) is 26.0 Å². The maximum atomic E-state index is 12.3. The predicted molar refractivity (Wildman–Crippen MR) is 89.4 cm³/mol. The Morgan fingerprint density at radius 2 is 2.36 bits per heavy atom. The van der Waals surface area contributed by atoms with Crippen molar-refractivity contribution in [1.29, 1.82) is 0 Å². The van der Waals surface area contributed by atoms with E-state index in [9.17, 15) is 13.6 Å². The van der Waals surface area contributed by atoms with E-state index in [4.69, 9.17) is 4.42 Å². The molecular weight excluding hydrogens is 330 g/mol. The Hall–Kier alpha value is -2.06. The van der Waals surface area contributed by atoms with Crippen LogP contribution in [-0.2, 0) is 10.3 Å². The molecule has 1 amide bonds. The van der Waals surface area contributed by atoms with Crippen molar-refractivity contribution in [3.63, 3.8) is 0 Å². The molecule has 25 heavy (non-hydrogen) atoms. The number of rotatable bonds is 5. The summed E-state index contributed by atoms with van der Waals surface area (Å²) >= 11 is 0. The summed E-state index contributed by atoms with van der Waals surface area (Å²) in [6.45, 7) is 5.16. The van der Waals surface area contributed by atoms with E-state index in [1.807, 2.05) is 26.0 Å². The minimum Gasteiger partial charge on any atom is -0.459 e. The highest BCUT2D eigenvalue weighted by molar-refractivity contribution is 5.82. The number of pyridine rings is 1. The monoisotopic (exact) mass is 352 g/mol. The number of nitrogens with one attached hydrogen (secondary N) is 2. The van der Waals surface area contributed by atoms with E-state index in [0.717, 1.165) is 23.3 Å². The molecule has 1 atom stereocenters. The van der Waals surface area contributed by atoms with E-state index in [1.54, 1.807) is 12.4 Å². The van der Waals surface area contributed by atoms with Crippen LogP contribution < -0.4 is 10.6 Å². The molecular formula is C17H22F2N4O2. The summed E-state index contributed by atoms with van der Waals surface area (Å²) in [5, 5.41) is 6.28. The summed E-state index contributed by atoms with van der Waals surface area (Å²) < 4.78 is 30.5. The zero-order chi connectivity index (χ0) is 18.0. The van der Waals surface area contributed by atoms with Gasteiger partial charge in [0, 0.05) is 37.4 Å². The van der Waals surface area contributed by atoms with Crippen molar-refractivity contribution in [1.82, 2.24) is 20.5 Å². The lowest BCUT2D eigenvalue weighted by Crippen LogP contribution is -2.61. The molecule has 0 radical (unpaired) electrons. The Bertz CT molecular complexity index is 714. The minimum atomic E-state index is -2.55. The third-order valence-corrected chi connectivity index (χ3v) is 4.63. The zero-order valence-electron chi connectivity index (χ0n) is 14.3. The summed E-state index contributed by atoms with van der Waals surface area (Å²) in [6.07, 6.45) is 0.873. The molecule has 1 aliphatic rings. The number of alkyl halides is 2. The molecule has 1 saturated heterocycles. The number of carbonyl (C=O) groups is 1. The van der Waals surface area contributed by atoms with Gasteiger partial charge in [-0.1, -0.05) is 0 Å². The van der Waals surface area contributed by atoms with Crippen molar-refractivity contribution < 1.29 is 18.0 Å². The quantitative estimate of drug-likeness (QED) is 0.857. The SMILES string of the molecule is CC(C)(c1cc2cnccc2o1)N1CCN[C@H](C(=O)NCC(F)F)C1. The molecule has 3 heterocycles. The molecule has 136 valence electrons. The number of halogens is 2. The van der Waals surface area contributed by atoms with E-state index in [1.165, 1.54) is 0 Å². The Kier molecular flexibility index (Phi) is 5.01. The molecule has 0 saturated carbocycles. The van der Waals surface area contributed by atoms with Gasteiger partial charge in [-0.3, -0.25) is 14.7 Å². The lowest BCUT2D eigenvalue weighted by Gasteiger charge is -2.42. The van der Waals surface area contributed by atoms with Crippen LogP contribution in [0.4, 0.5) is 8.78 Å². The Morgan fingerprint density at radius 1 is 1.56 bits per heavy atom. The van der Waals surface area contributed by atoms with Gasteiger partial charge in [0.15, 0.2) is 0 Å². The molecule has 0 aromatic carbocycles. The fourth-order valence-corrected chi connectivity index (χ4v) is 3.08. The van der Waals surface area contributed by atoms with E-state index in [-0.39, 0.29) is 0 Å². The number of aromatic nitrogens is 1. The van der Waals surface area contributed by atoms with Gasteiger partial charge in [0.25, 0.3) is 6.43 Å². The van der Waals surface area contributed by atoms with E-state index in [0.29, 0.717) is 13.1 Å². The predicted octanol–water partition coefficient (Wildman–Crippen LogP) is 1.72. The summed E-state index contributed by atoms with van der Waals surface area (Å²) in [6, 6.07) is 3.24. The molecule has 8 heteroatoms. The van der Waals surface area contributed by atoms with Crippen molar-refractivity contribution in [3.05, 3.63) is 30.3 Å². The second-order valence-corrected chi connectivity index (χ2v) is 6.67. The van der Waals surface area contributed by atoms with E-state index < -0.39 is 30.5 Å². The van der Waals surface area contributed by atoms with Crippen molar-refractivity contribution >= 4 is 16.9 Å². The number of fused-ring (bicyclic) bond motifs is 1. The van der Waals surface area contributed by atoms with Crippen LogP contribution in [0.5, 0.6) is 0 Å². The van der Waals surface area contributed by atoms with Gasteiger partial charge in [0.2, 0.25) is 5.91 Å². The maximum absolute atomic E-state index is 12.3. The van der Waals surface area contributed by atoms with Gasteiger partial charge in [-0.25, -0.2) is 8.78 Å². The van der Waals surface area contributed by atoms with Gasteiger partial charge in [-0.2, -0.15) is 0 Å². The number of amides is 1. The molecule has 2 aromatic heterocycles. The van der Waals surface area contributed by atoms with Crippen LogP contribution >= 0.6 is 0 Å². The van der Waals surface area contributed by atoms with Gasteiger partial charge >= 0.3 is 0 Å². The van der Waals surface area contributed by atoms with Crippen LogP contribution in [0.2, 0.25) is 0 Å². The number of carbonyl (C=O) groups excluding carboxylic acids is 1. The lowest BCUT2D eigenvalue weighted by molar-refractivity contribution is -0.125. The first-order chi connectivity index (χ1) is 11.9. The number of piperazine rings is 1. The Labute approximate surface area is 144 Å². The normalized spacial score (nSPS) is 19.5. The van der Waals surface area contributed by atoms with Crippen molar-refractivity contribution in [2.24, 2.45) is 0 Å². The van der Waals surface area contributed by atoms with Crippen LogP contribution in [0.15, 0.2) is 28.9 Å². The second-order valence-electron chi connectivity index (χ2n) is 6.67. The van der Waals surface area contributed by atoms with E-state index >= 15 is 0 Å². The molecule has 6 nitrogen and oxygen atoms in total. The fourth-order valence-electron chi connectivity index (χ4n) is 3.08. The van der Waals surface area contributed by atoms with Gasteiger partial charge in [0.05, 0.1) is 18.1 Å². The summed E-state index contributed by atoms with van der Waals surface area (Å²) in [5.41, 5.74) is 0.321. The summed E-state index contributed by atoms with van der Waals surface area (Å²) in [4.78, 5) is 18.3. The molecule has 0 aliphatic carbocycles. The number of hydrogen-bond donors (Lipinski definition) is 2. The standard InChI is InChI=1S/C17H22F2N4O2/c1-17(2,14-7-11-8-20-4-3-13(11)25-14)23-6-5-21-12(10-23)16(24)22-9-15(18)19/h3-4,7-8,12,15,21H,5-6,9-10H2,1-2H3,(H,22,24)/t12-/m0/s1. The summed E-state index contributed by atoms with van der Waals surface area (Å²) in [5.74, 6) is 0.374. The Morgan fingerprint density at radius 3 is 3.08 bits per heavy atom. The lowest BCUT2D eigenvalue weighted by atomic mass is 9.96. The highest BCUT2D eigenvalue weighted by atomic mass is 19.3. The topological polar surface area (TPSA) is 70.4 Å². The van der Waals surface area contributed by atoms with Gasteiger partial charge < -0.3 is 15.1 Å². The van der Waals surface area contributed by atoms with Crippen molar-refractivity contribution in [3.8, 4) is 0 Å². The van der Waals surface area contributed by atoms with Crippen LogP contribution in [0.3, 0.4) is 0 Å². The largest absolute Gasteiger partial charge is 0.459 e. The molecule has 3 rings (SSSR count). The summed E-state index contributed by atoms with van der Waals surface area (Å²) in [7, 11) is 0. The molecule has 0 unspecified atom stereocenters. The van der Waals surface area contributed by atoms with Crippen LogP contribution in [0.25, 0.3) is 11.0 Å². The average Bonchev–Trinajstić information content (AvgIpc) is 3.04. The third kappa shape index (κ3) is 3.80. The molecule has 0 bridgehead atoms. The smallest absolute Gasteiger partial charge is 0.255 e. The van der Waals surface area contributed by atoms with E-state index in [2.05, 4.69) is 20.5 Å². The van der Waals surface area contributed by atoms with Gasteiger partial charge in [0.1, 0.15) is 11.3 Å². The molecule has 0 spiro atoms. The first-order valence-electron chi connectivity index (χ1n) is 8.26. The van der Waals surface area contributed by atoms with Crippen LogP contribution in [0.1, 0.15) is 19.6 Å². The Balaban J connectivity index is 1.74. The van der Waals surface area contributed by atoms with Crippen molar-refractivity contribution in [2.45, 2.75) is 31.9 Å². The maximum Gasteiger partial charge on any atom is 0.255 e. The molecule has 1 aliphatic heterocycles.